The fourth-order valence-corrected chi connectivity index (χ4v) is 1.05. The first-order valence-electron chi connectivity index (χ1n) is 3.85. The molecule has 0 bridgehead atoms. The zero-order valence-electron chi connectivity index (χ0n) is 7.24. The molecular weight excluding hydrogens is 166 g/mol. The summed E-state index contributed by atoms with van der Waals surface area (Å²) in [7, 11) is 0. The Morgan fingerprint density at radius 2 is 2.31 bits per heavy atom. The van der Waals surface area contributed by atoms with E-state index in [9.17, 15) is 9.90 Å². The van der Waals surface area contributed by atoms with Crippen LogP contribution in [0.15, 0.2) is 18.2 Å². The van der Waals surface area contributed by atoms with Crippen LogP contribution in [0.2, 0.25) is 0 Å². The van der Waals surface area contributed by atoms with E-state index in [4.69, 9.17) is 5.26 Å². The molecule has 0 heterocycles. The molecule has 0 saturated heterocycles. The molecule has 3 heteroatoms. The summed E-state index contributed by atoms with van der Waals surface area (Å²) in [6.07, 6.45) is 0.206. The number of phenolic OH excluding ortho intramolecular Hbond substituents is 1. The zero-order chi connectivity index (χ0) is 9.84. The van der Waals surface area contributed by atoms with Crippen molar-refractivity contribution in [3.8, 4) is 11.8 Å². The molecule has 0 amide bonds. The molecule has 3 nitrogen and oxygen atoms in total. The highest BCUT2D eigenvalue weighted by Crippen LogP contribution is 2.18. The standard InChI is InChI=1S/C10H9NO2/c1-7(12)4-9-3-2-8(6-11)5-10(9)13/h2-3,5,13H,4H2,1H3. The summed E-state index contributed by atoms with van der Waals surface area (Å²) in [5.41, 5.74) is 0.955. The molecule has 0 saturated carbocycles. The first-order valence-corrected chi connectivity index (χ1v) is 3.85. The average Bonchev–Trinajstić information content (AvgIpc) is 2.08. The number of benzene rings is 1. The van der Waals surface area contributed by atoms with Crippen LogP contribution in [0.4, 0.5) is 0 Å². The topological polar surface area (TPSA) is 61.1 Å². The van der Waals surface area contributed by atoms with Gasteiger partial charge in [0.25, 0.3) is 0 Å². The van der Waals surface area contributed by atoms with Gasteiger partial charge in [-0.15, -0.1) is 0 Å². The highest BCUT2D eigenvalue weighted by atomic mass is 16.3. The van der Waals surface area contributed by atoms with Crippen molar-refractivity contribution in [3.63, 3.8) is 0 Å². The first kappa shape index (κ1) is 9.27. The van der Waals surface area contributed by atoms with E-state index >= 15 is 0 Å². The molecule has 0 atom stereocenters. The van der Waals surface area contributed by atoms with Crippen molar-refractivity contribution in [3.05, 3.63) is 29.3 Å². The van der Waals surface area contributed by atoms with Crippen molar-refractivity contribution in [1.29, 1.82) is 5.26 Å². The number of hydrogen-bond acceptors (Lipinski definition) is 3. The second-order valence-corrected chi connectivity index (χ2v) is 2.83. The lowest BCUT2D eigenvalue weighted by Crippen LogP contribution is -1.96. The van der Waals surface area contributed by atoms with Gasteiger partial charge in [0, 0.05) is 12.0 Å². The number of carbonyl (C=O) groups is 1. The van der Waals surface area contributed by atoms with Crippen LogP contribution >= 0.6 is 0 Å². The quantitative estimate of drug-likeness (QED) is 0.738. The van der Waals surface area contributed by atoms with Crippen LogP contribution in [-0.2, 0) is 11.2 Å². The van der Waals surface area contributed by atoms with E-state index in [-0.39, 0.29) is 18.0 Å². The lowest BCUT2D eigenvalue weighted by molar-refractivity contribution is -0.116. The van der Waals surface area contributed by atoms with Crippen LogP contribution in [0.5, 0.6) is 5.75 Å². The summed E-state index contributed by atoms with van der Waals surface area (Å²) in [6, 6.07) is 6.44. The summed E-state index contributed by atoms with van der Waals surface area (Å²) in [6.45, 7) is 1.46. The molecule has 13 heavy (non-hydrogen) atoms. The Hall–Kier alpha value is -1.82. The Kier molecular flexibility index (Phi) is 2.65. The molecule has 1 aromatic carbocycles. The van der Waals surface area contributed by atoms with E-state index in [1.165, 1.54) is 13.0 Å². The van der Waals surface area contributed by atoms with Gasteiger partial charge in [0.2, 0.25) is 0 Å². The van der Waals surface area contributed by atoms with Crippen LogP contribution in [0, 0.1) is 11.3 Å². The van der Waals surface area contributed by atoms with Gasteiger partial charge in [0.15, 0.2) is 0 Å². The Morgan fingerprint density at radius 3 is 2.77 bits per heavy atom. The predicted octanol–water partition coefficient (Wildman–Crippen LogP) is 1.40. The van der Waals surface area contributed by atoms with Gasteiger partial charge in [-0.05, 0) is 19.1 Å². The molecule has 0 aliphatic rings. The number of phenols is 1. The van der Waals surface area contributed by atoms with Crippen molar-refractivity contribution in [2.75, 3.05) is 0 Å². The summed E-state index contributed by atoms with van der Waals surface area (Å²) in [5, 5.41) is 17.9. The van der Waals surface area contributed by atoms with Crippen LogP contribution in [0.3, 0.4) is 0 Å². The number of ketones is 1. The van der Waals surface area contributed by atoms with E-state index in [0.29, 0.717) is 11.1 Å². The van der Waals surface area contributed by atoms with Crippen molar-refractivity contribution in [2.45, 2.75) is 13.3 Å². The zero-order valence-corrected chi connectivity index (χ0v) is 7.24. The minimum absolute atomic E-state index is 0.00856. The van der Waals surface area contributed by atoms with Gasteiger partial charge in [-0.2, -0.15) is 5.26 Å². The van der Waals surface area contributed by atoms with Gasteiger partial charge >= 0.3 is 0 Å². The molecule has 1 rings (SSSR count). The Morgan fingerprint density at radius 1 is 1.62 bits per heavy atom. The van der Waals surface area contributed by atoms with Crippen LogP contribution < -0.4 is 0 Å². The highest BCUT2D eigenvalue weighted by molar-refractivity contribution is 5.79. The largest absolute Gasteiger partial charge is 0.508 e. The molecule has 0 fully saturated rings. The molecule has 0 spiro atoms. The summed E-state index contributed by atoms with van der Waals surface area (Å²) < 4.78 is 0. The summed E-state index contributed by atoms with van der Waals surface area (Å²) in [5.74, 6) is -0.00532. The van der Waals surface area contributed by atoms with Crippen molar-refractivity contribution < 1.29 is 9.90 Å². The van der Waals surface area contributed by atoms with Gasteiger partial charge < -0.3 is 5.11 Å². The maximum absolute atomic E-state index is 10.7. The van der Waals surface area contributed by atoms with Crippen LogP contribution in [-0.4, -0.2) is 10.9 Å². The van der Waals surface area contributed by atoms with E-state index in [2.05, 4.69) is 0 Å². The summed E-state index contributed by atoms with van der Waals surface area (Å²) >= 11 is 0. The van der Waals surface area contributed by atoms with E-state index in [1.807, 2.05) is 6.07 Å². The molecule has 1 aromatic rings. The average molecular weight is 175 g/mol. The lowest BCUT2D eigenvalue weighted by Gasteiger charge is -2.01. The highest BCUT2D eigenvalue weighted by Gasteiger charge is 2.04. The first-order chi connectivity index (χ1) is 6.13. The van der Waals surface area contributed by atoms with Gasteiger partial charge in [0.1, 0.15) is 11.5 Å². The van der Waals surface area contributed by atoms with E-state index < -0.39 is 0 Å². The molecule has 1 N–H and O–H groups in total. The summed E-state index contributed by atoms with van der Waals surface area (Å²) in [4.78, 5) is 10.7. The number of Topliss-reactive ketones (excluding diaryl/α,β-unsaturated/α-hetero) is 1. The minimum atomic E-state index is -0.0139. The van der Waals surface area contributed by atoms with E-state index in [1.54, 1.807) is 12.1 Å². The van der Waals surface area contributed by atoms with Crippen molar-refractivity contribution in [2.24, 2.45) is 0 Å². The Balaban J connectivity index is 3.00. The van der Waals surface area contributed by atoms with Gasteiger partial charge in [-0.3, -0.25) is 4.79 Å². The van der Waals surface area contributed by atoms with Crippen molar-refractivity contribution in [1.82, 2.24) is 0 Å². The number of rotatable bonds is 2. The predicted molar refractivity (Wildman–Crippen MR) is 47.2 cm³/mol. The van der Waals surface area contributed by atoms with Gasteiger partial charge in [0.05, 0.1) is 11.6 Å². The molecule has 66 valence electrons. The van der Waals surface area contributed by atoms with Gasteiger partial charge in [-0.1, -0.05) is 6.07 Å². The van der Waals surface area contributed by atoms with Crippen LogP contribution in [0.1, 0.15) is 18.1 Å². The van der Waals surface area contributed by atoms with E-state index in [0.717, 1.165) is 0 Å². The number of carbonyl (C=O) groups excluding carboxylic acids is 1. The number of aromatic hydroxyl groups is 1. The van der Waals surface area contributed by atoms with Crippen LogP contribution in [0.25, 0.3) is 0 Å². The fourth-order valence-electron chi connectivity index (χ4n) is 1.05. The Labute approximate surface area is 76.2 Å². The molecular formula is C10H9NO2. The smallest absolute Gasteiger partial charge is 0.134 e. The monoisotopic (exact) mass is 175 g/mol. The number of nitrogens with zero attached hydrogens (tertiary/aromatic N) is 1. The molecule has 0 aromatic heterocycles. The molecule has 0 aliphatic heterocycles. The molecule has 0 radical (unpaired) electrons. The van der Waals surface area contributed by atoms with Gasteiger partial charge in [-0.25, -0.2) is 0 Å². The second kappa shape index (κ2) is 3.72. The third-order valence-corrected chi connectivity index (χ3v) is 1.65. The lowest BCUT2D eigenvalue weighted by atomic mass is 10.1. The minimum Gasteiger partial charge on any atom is -0.508 e. The fraction of sp³-hybridized carbons (Fsp3) is 0.200. The third kappa shape index (κ3) is 2.31. The second-order valence-electron chi connectivity index (χ2n) is 2.83. The molecule has 0 aliphatic carbocycles. The SMILES string of the molecule is CC(=O)Cc1ccc(C#N)cc1O. The maximum atomic E-state index is 10.7. The normalized spacial score (nSPS) is 9.23. The number of hydrogen-bond donors (Lipinski definition) is 1. The number of nitriles is 1. The Bertz CT molecular complexity index is 377. The maximum Gasteiger partial charge on any atom is 0.134 e. The van der Waals surface area contributed by atoms with Crippen molar-refractivity contribution >= 4 is 5.78 Å². The third-order valence-electron chi connectivity index (χ3n) is 1.65. The molecule has 0 unspecified atom stereocenters.